The van der Waals surface area contributed by atoms with Gasteiger partial charge in [-0.2, -0.15) is 5.10 Å². The summed E-state index contributed by atoms with van der Waals surface area (Å²) in [4.78, 5) is 0. The van der Waals surface area contributed by atoms with Crippen LogP contribution in [0.15, 0.2) is 29.9 Å². The normalized spacial score (nSPS) is 10.4. The van der Waals surface area contributed by atoms with Crippen molar-refractivity contribution in [2.45, 2.75) is 0 Å². The molecule has 86 valence electrons. The van der Waals surface area contributed by atoms with Gasteiger partial charge in [-0.1, -0.05) is 24.3 Å². The number of nitrogens with zero attached hydrogens (tertiary/aromatic N) is 1. The first-order valence-electron chi connectivity index (χ1n) is 4.57. The van der Waals surface area contributed by atoms with Crippen LogP contribution in [0.5, 0.6) is 11.5 Å². The molecule has 0 radical (unpaired) electrons. The second-order valence-electron chi connectivity index (χ2n) is 2.90. The lowest BCUT2D eigenvalue weighted by atomic mass is 10.2. The molecule has 0 aliphatic rings. The highest BCUT2D eigenvalue weighted by Gasteiger charge is 2.08. The van der Waals surface area contributed by atoms with Crippen LogP contribution in [-0.4, -0.2) is 19.9 Å². The molecule has 1 aromatic carbocycles. The van der Waals surface area contributed by atoms with Crippen molar-refractivity contribution < 1.29 is 9.47 Å². The third-order valence-electron chi connectivity index (χ3n) is 1.85. The van der Waals surface area contributed by atoms with Gasteiger partial charge < -0.3 is 15.3 Å². The summed E-state index contributed by atoms with van der Waals surface area (Å²) in [5.74, 6) is 6.19. The Labute approximate surface area is 99.3 Å². The van der Waals surface area contributed by atoms with Gasteiger partial charge in [-0.3, -0.25) is 0 Å². The second kappa shape index (κ2) is 6.02. The zero-order chi connectivity index (χ0) is 12.0. The molecule has 0 aliphatic carbocycles. The van der Waals surface area contributed by atoms with Gasteiger partial charge in [0, 0.05) is 11.6 Å². The predicted molar refractivity (Wildman–Crippen MR) is 65.5 cm³/mol. The molecule has 1 rings (SSSR count). The molecular weight excluding hydrogens is 228 g/mol. The summed E-state index contributed by atoms with van der Waals surface area (Å²) >= 11 is 6.01. The number of benzene rings is 1. The van der Waals surface area contributed by atoms with Crippen molar-refractivity contribution in [2.75, 3.05) is 13.7 Å². The Balaban J connectivity index is 3.09. The highest BCUT2D eigenvalue weighted by Crippen LogP contribution is 2.32. The largest absolute Gasteiger partial charge is 0.493 e. The van der Waals surface area contributed by atoms with Crippen molar-refractivity contribution >= 4 is 17.8 Å². The fourth-order valence-corrected chi connectivity index (χ4v) is 1.35. The average molecular weight is 241 g/mol. The Morgan fingerprint density at radius 2 is 2.25 bits per heavy atom. The van der Waals surface area contributed by atoms with Gasteiger partial charge in [0.1, 0.15) is 6.61 Å². The molecule has 0 spiro atoms. The van der Waals surface area contributed by atoms with Crippen LogP contribution in [0.4, 0.5) is 0 Å². The van der Waals surface area contributed by atoms with E-state index in [1.54, 1.807) is 25.3 Å². The number of hydrazone groups is 1. The van der Waals surface area contributed by atoms with E-state index in [-0.39, 0.29) is 0 Å². The average Bonchev–Trinajstić information content (AvgIpc) is 2.29. The lowest BCUT2D eigenvalue weighted by Crippen LogP contribution is -1.98. The molecule has 0 atom stereocenters. The molecule has 0 saturated heterocycles. The summed E-state index contributed by atoms with van der Waals surface area (Å²) in [5, 5.41) is 3.91. The van der Waals surface area contributed by atoms with Crippen LogP contribution in [0.2, 0.25) is 5.02 Å². The van der Waals surface area contributed by atoms with Crippen LogP contribution in [0.25, 0.3) is 0 Å². The molecule has 0 unspecified atom stereocenters. The molecule has 16 heavy (non-hydrogen) atoms. The van der Waals surface area contributed by atoms with Gasteiger partial charge in [0.05, 0.1) is 18.3 Å². The molecule has 2 N–H and O–H groups in total. The third kappa shape index (κ3) is 2.90. The van der Waals surface area contributed by atoms with E-state index in [9.17, 15) is 0 Å². The van der Waals surface area contributed by atoms with Gasteiger partial charge >= 0.3 is 0 Å². The number of hydrogen-bond acceptors (Lipinski definition) is 4. The van der Waals surface area contributed by atoms with Gasteiger partial charge in [0.2, 0.25) is 0 Å². The van der Waals surface area contributed by atoms with Crippen molar-refractivity contribution in [3.63, 3.8) is 0 Å². The molecule has 0 fully saturated rings. The van der Waals surface area contributed by atoms with E-state index in [4.69, 9.17) is 26.9 Å². The van der Waals surface area contributed by atoms with Gasteiger partial charge in [-0.15, -0.1) is 0 Å². The van der Waals surface area contributed by atoms with Crippen LogP contribution in [0, 0.1) is 0 Å². The molecule has 0 aliphatic heterocycles. The van der Waals surface area contributed by atoms with Crippen molar-refractivity contribution in [3.8, 4) is 11.5 Å². The van der Waals surface area contributed by atoms with E-state index in [0.717, 1.165) is 0 Å². The number of hydrogen-bond donors (Lipinski definition) is 1. The summed E-state index contributed by atoms with van der Waals surface area (Å²) < 4.78 is 10.6. The monoisotopic (exact) mass is 240 g/mol. The van der Waals surface area contributed by atoms with Crippen LogP contribution < -0.4 is 15.3 Å². The number of nitrogens with two attached hydrogens (primary N) is 1. The van der Waals surface area contributed by atoms with Crippen LogP contribution in [0.3, 0.4) is 0 Å². The van der Waals surface area contributed by atoms with E-state index >= 15 is 0 Å². The maximum atomic E-state index is 6.01. The lowest BCUT2D eigenvalue weighted by molar-refractivity contribution is 0.326. The summed E-state index contributed by atoms with van der Waals surface area (Å²) in [6.45, 7) is 3.95. The molecule has 0 amide bonds. The van der Waals surface area contributed by atoms with Crippen LogP contribution >= 0.6 is 11.6 Å². The minimum Gasteiger partial charge on any atom is -0.493 e. The Morgan fingerprint density at radius 1 is 1.50 bits per heavy atom. The molecule has 1 aromatic rings. The fraction of sp³-hybridized carbons (Fsp3) is 0.182. The minimum atomic E-state index is 0.386. The van der Waals surface area contributed by atoms with Crippen LogP contribution in [-0.2, 0) is 0 Å². The first-order chi connectivity index (χ1) is 7.72. The quantitative estimate of drug-likeness (QED) is 0.372. The highest BCUT2D eigenvalue weighted by molar-refractivity contribution is 6.33. The van der Waals surface area contributed by atoms with E-state index in [0.29, 0.717) is 28.7 Å². The Hall–Kier alpha value is -1.68. The molecule has 0 bridgehead atoms. The molecule has 0 saturated carbocycles. The SMILES string of the molecule is C=CCOc1cc(Cl)c(C=NN)cc1OC. The highest BCUT2D eigenvalue weighted by atomic mass is 35.5. The van der Waals surface area contributed by atoms with Crippen molar-refractivity contribution in [1.82, 2.24) is 0 Å². The van der Waals surface area contributed by atoms with E-state index in [2.05, 4.69) is 11.7 Å². The number of ether oxygens (including phenoxy) is 2. The molecule has 4 nitrogen and oxygen atoms in total. The van der Waals surface area contributed by atoms with Gasteiger partial charge in [0.15, 0.2) is 11.5 Å². The molecule has 0 heterocycles. The first-order valence-corrected chi connectivity index (χ1v) is 4.95. The molecular formula is C11H13ClN2O2. The second-order valence-corrected chi connectivity index (χ2v) is 3.31. The number of methoxy groups -OCH3 is 1. The number of halogens is 1. The first kappa shape index (κ1) is 12.4. The summed E-state index contributed by atoms with van der Waals surface area (Å²) in [6.07, 6.45) is 3.09. The van der Waals surface area contributed by atoms with E-state index < -0.39 is 0 Å². The predicted octanol–water partition coefficient (Wildman–Crippen LogP) is 2.21. The topological polar surface area (TPSA) is 56.8 Å². The smallest absolute Gasteiger partial charge is 0.163 e. The maximum Gasteiger partial charge on any atom is 0.163 e. The summed E-state index contributed by atoms with van der Waals surface area (Å²) in [7, 11) is 1.55. The van der Waals surface area contributed by atoms with Crippen LogP contribution in [0.1, 0.15) is 5.56 Å². The minimum absolute atomic E-state index is 0.386. The van der Waals surface area contributed by atoms with Gasteiger partial charge in [0.25, 0.3) is 0 Å². The molecule has 5 heteroatoms. The number of rotatable bonds is 5. The standard InChI is InChI=1S/C11H13ClN2O2/c1-3-4-16-11-6-9(12)8(7-14-13)5-10(11)15-2/h3,5-7H,1,4,13H2,2H3. The van der Waals surface area contributed by atoms with Crippen molar-refractivity contribution in [2.24, 2.45) is 10.9 Å². The van der Waals surface area contributed by atoms with E-state index in [1.165, 1.54) is 6.21 Å². The van der Waals surface area contributed by atoms with E-state index in [1.807, 2.05) is 0 Å². The summed E-state index contributed by atoms with van der Waals surface area (Å²) in [6, 6.07) is 3.36. The summed E-state index contributed by atoms with van der Waals surface area (Å²) in [5.41, 5.74) is 0.673. The van der Waals surface area contributed by atoms with Gasteiger partial charge in [-0.05, 0) is 6.07 Å². The maximum absolute atomic E-state index is 6.01. The third-order valence-corrected chi connectivity index (χ3v) is 2.18. The zero-order valence-corrected chi connectivity index (χ0v) is 9.70. The Morgan fingerprint density at radius 3 is 2.81 bits per heavy atom. The van der Waals surface area contributed by atoms with Crippen molar-refractivity contribution in [1.29, 1.82) is 0 Å². The fourth-order valence-electron chi connectivity index (χ4n) is 1.15. The lowest BCUT2D eigenvalue weighted by Gasteiger charge is -2.10. The van der Waals surface area contributed by atoms with Gasteiger partial charge in [-0.25, -0.2) is 0 Å². The van der Waals surface area contributed by atoms with Crippen molar-refractivity contribution in [3.05, 3.63) is 35.4 Å². The molecule has 0 aromatic heterocycles. The Kier molecular flexibility index (Phi) is 4.66. The zero-order valence-electron chi connectivity index (χ0n) is 8.94. The Bertz CT molecular complexity index is 405.